The number of rotatable bonds is 5. The zero-order valence-electron chi connectivity index (χ0n) is 11.7. The lowest BCUT2D eigenvalue weighted by molar-refractivity contribution is 0.412. The van der Waals surface area contributed by atoms with Crippen molar-refractivity contribution in [1.29, 1.82) is 0 Å². The maximum absolute atomic E-state index is 5.62. The molecule has 0 aliphatic carbocycles. The third-order valence-electron chi connectivity index (χ3n) is 2.62. The van der Waals surface area contributed by atoms with Gasteiger partial charge in [-0.3, -0.25) is 4.98 Å². The molecule has 0 amide bonds. The highest BCUT2D eigenvalue weighted by atomic mass is 16.4. The fourth-order valence-electron chi connectivity index (χ4n) is 1.67. The number of aryl methyl sites for hydroxylation is 1. The van der Waals surface area contributed by atoms with Gasteiger partial charge in [-0.1, -0.05) is 0 Å². The van der Waals surface area contributed by atoms with E-state index in [1.807, 2.05) is 12.1 Å². The minimum atomic E-state index is 0.150. The van der Waals surface area contributed by atoms with Crippen LogP contribution in [0.3, 0.4) is 0 Å². The fourth-order valence-corrected chi connectivity index (χ4v) is 1.67. The minimum absolute atomic E-state index is 0.150. The molecule has 2 aromatic heterocycles. The molecule has 0 radical (unpaired) electrons. The summed E-state index contributed by atoms with van der Waals surface area (Å²) in [6.45, 7) is 7.40. The molecule has 0 spiro atoms. The van der Waals surface area contributed by atoms with Crippen LogP contribution in [0.15, 0.2) is 28.9 Å². The van der Waals surface area contributed by atoms with Crippen LogP contribution in [0.4, 0.5) is 0 Å². The number of nitrogens with zero attached hydrogens (tertiary/aromatic N) is 3. The third kappa shape index (κ3) is 4.44. The minimum Gasteiger partial charge on any atom is -0.421 e. The summed E-state index contributed by atoms with van der Waals surface area (Å²) >= 11 is 0. The van der Waals surface area contributed by atoms with Crippen molar-refractivity contribution in [2.45, 2.75) is 39.2 Å². The van der Waals surface area contributed by atoms with Crippen molar-refractivity contribution in [2.75, 3.05) is 6.54 Å². The number of nitrogens with one attached hydrogen (secondary N) is 1. The first kappa shape index (κ1) is 13.7. The Balaban J connectivity index is 1.85. The van der Waals surface area contributed by atoms with E-state index in [-0.39, 0.29) is 5.54 Å². The van der Waals surface area contributed by atoms with Crippen molar-refractivity contribution in [2.24, 2.45) is 0 Å². The summed E-state index contributed by atoms with van der Waals surface area (Å²) in [5.74, 6) is 1.24. The van der Waals surface area contributed by atoms with Crippen LogP contribution in [-0.4, -0.2) is 27.3 Å². The summed E-state index contributed by atoms with van der Waals surface area (Å²) in [5.41, 5.74) is 1.05. The number of hydrogen-bond donors (Lipinski definition) is 1. The molecule has 0 bridgehead atoms. The molecule has 5 heteroatoms. The highest BCUT2D eigenvalue weighted by molar-refractivity contribution is 5.50. The molecule has 0 fully saturated rings. The number of hydrogen-bond acceptors (Lipinski definition) is 5. The second kappa shape index (κ2) is 5.93. The van der Waals surface area contributed by atoms with Gasteiger partial charge in [0.2, 0.25) is 11.8 Å². The number of pyridine rings is 1. The molecule has 0 saturated carbocycles. The van der Waals surface area contributed by atoms with Crippen LogP contribution in [0.1, 0.15) is 33.1 Å². The van der Waals surface area contributed by atoms with Crippen molar-refractivity contribution in [3.05, 3.63) is 30.4 Å². The van der Waals surface area contributed by atoms with Crippen LogP contribution < -0.4 is 5.32 Å². The van der Waals surface area contributed by atoms with E-state index in [2.05, 4.69) is 41.3 Å². The molecule has 2 heterocycles. The van der Waals surface area contributed by atoms with E-state index in [1.165, 1.54) is 0 Å². The van der Waals surface area contributed by atoms with Crippen LogP contribution in [-0.2, 0) is 6.42 Å². The molecule has 2 aromatic rings. The Labute approximate surface area is 113 Å². The number of aromatic nitrogens is 3. The van der Waals surface area contributed by atoms with Crippen LogP contribution >= 0.6 is 0 Å². The van der Waals surface area contributed by atoms with E-state index in [1.54, 1.807) is 12.4 Å². The molecule has 0 aliphatic heterocycles. The van der Waals surface area contributed by atoms with Gasteiger partial charge in [0.05, 0.1) is 0 Å². The van der Waals surface area contributed by atoms with Crippen molar-refractivity contribution in [3.8, 4) is 11.5 Å². The standard InChI is InChI=1S/C14H20N4O/c1-14(2,3)16-8-4-5-12-17-18-13(19-12)11-6-9-15-10-7-11/h6-7,9-10,16H,4-5,8H2,1-3H3. The Hall–Kier alpha value is -1.75. The molecule has 19 heavy (non-hydrogen) atoms. The largest absolute Gasteiger partial charge is 0.421 e. The van der Waals surface area contributed by atoms with E-state index in [0.717, 1.165) is 24.9 Å². The van der Waals surface area contributed by atoms with Gasteiger partial charge in [-0.2, -0.15) is 0 Å². The Morgan fingerprint density at radius 2 is 1.89 bits per heavy atom. The first-order chi connectivity index (χ1) is 9.04. The van der Waals surface area contributed by atoms with E-state index < -0.39 is 0 Å². The van der Waals surface area contributed by atoms with Gasteiger partial charge in [-0.05, 0) is 45.9 Å². The highest BCUT2D eigenvalue weighted by Crippen LogP contribution is 2.16. The average Bonchev–Trinajstić information content (AvgIpc) is 2.83. The van der Waals surface area contributed by atoms with Crippen LogP contribution in [0.2, 0.25) is 0 Å². The van der Waals surface area contributed by atoms with Crippen molar-refractivity contribution in [1.82, 2.24) is 20.5 Å². The molecule has 0 saturated heterocycles. The molecule has 0 aliphatic rings. The Kier molecular flexibility index (Phi) is 4.27. The molecule has 0 aromatic carbocycles. The highest BCUT2D eigenvalue weighted by Gasteiger charge is 2.10. The third-order valence-corrected chi connectivity index (χ3v) is 2.62. The maximum atomic E-state index is 5.62. The summed E-state index contributed by atoms with van der Waals surface area (Å²) in [4.78, 5) is 3.96. The SMILES string of the molecule is CC(C)(C)NCCCc1nnc(-c2ccncc2)o1. The smallest absolute Gasteiger partial charge is 0.247 e. The normalized spacial score (nSPS) is 11.7. The van der Waals surface area contributed by atoms with Gasteiger partial charge in [0, 0.05) is 29.9 Å². The van der Waals surface area contributed by atoms with E-state index in [0.29, 0.717) is 11.8 Å². The average molecular weight is 260 g/mol. The molecule has 2 rings (SSSR count). The maximum Gasteiger partial charge on any atom is 0.247 e. The summed E-state index contributed by atoms with van der Waals surface area (Å²) in [6.07, 6.45) is 5.20. The zero-order chi connectivity index (χ0) is 13.7. The summed E-state index contributed by atoms with van der Waals surface area (Å²) in [6, 6.07) is 3.72. The predicted octanol–water partition coefficient (Wildman–Crippen LogP) is 2.45. The van der Waals surface area contributed by atoms with Gasteiger partial charge in [0.1, 0.15) is 0 Å². The van der Waals surface area contributed by atoms with Crippen LogP contribution in [0.25, 0.3) is 11.5 Å². The lowest BCUT2D eigenvalue weighted by Gasteiger charge is -2.19. The van der Waals surface area contributed by atoms with Gasteiger partial charge in [0.15, 0.2) is 0 Å². The first-order valence-electron chi connectivity index (χ1n) is 6.52. The van der Waals surface area contributed by atoms with E-state index in [4.69, 9.17) is 4.42 Å². The summed E-state index contributed by atoms with van der Waals surface area (Å²) in [7, 11) is 0. The van der Waals surface area contributed by atoms with Crippen LogP contribution in [0.5, 0.6) is 0 Å². The Morgan fingerprint density at radius 1 is 1.16 bits per heavy atom. The van der Waals surface area contributed by atoms with Gasteiger partial charge in [-0.25, -0.2) is 0 Å². The molecule has 0 unspecified atom stereocenters. The molecule has 0 atom stereocenters. The van der Waals surface area contributed by atoms with E-state index >= 15 is 0 Å². The van der Waals surface area contributed by atoms with Crippen molar-refractivity contribution >= 4 is 0 Å². The molecule has 102 valence electrons. The second-order valence-electron chi connectivity index (χ2n) is 5.52. The van der Waals surface area contributed by atoms with Crippen molar-refractivity contribution in [3.63, 3.8) is 0 Å². The second-order valence-corrected chi connectivity index (χ2v) is 5.52. The molecular weight excluding hydrogens is 240 g/mol. The quantitative estimate of drug-likeness (QED) is 0.837. The van der Waals surface area contributed by atoms with Gasteiger partial charge in [-0.15, -0.1) is 10.2 Å². The van der Waals surface area contributed by atoms with Crippen LogP contribution in [0, 0.1) is 0 Å². The Morgan fingerprint density at radius 3 is 2.58 bits per heavy atom. The molecule has 1 N–H and O–H groups in total. The van der Waals surface area contributed by atoms with Gasteiger partial charge in [0.25, 0.3) is 0 Å². The van der Waals surface area contributed by atoms with E-state index in [9.17, 15) is 0 Å². The van der Waals surface area contributed by atoms with Gasteiger partial charge < -0.3 is 9.73 Å². The lowest BCUT2D eigenvalue weighted by atomic mass is 10.1. The molecular formula is C14H20N4O. The zero-order valence-corrected chi connectivity index (χ0v) is 11.7. The molecule has 5 nitrogen and oxygen atoms in total. The van der Waals surface area contributed by atoms with Crippen molar-refractivity contribution < 1.29 is 4.42 Å². The Bertz CT molecular complexity index is 502. The fraction of sp³-hybridized carbons (Fsp3) is 0.500. The summed E-state index contributed by atoms with van der Waals surface area (Å²) in [5, 5.41) is 11.5. The monoisotopic (exact) mass is 260 g/mol. The van der Waals surface area contributed by atoms with Gasteiger partial charge >= 0.3 is 0 Å². The topological polar surface area (TPSA) is 63.8 Å². The first-order valence-corrected chi connectivity index (χ1v) is 6.52. The summed E-state index contributed by atoms with van der Waals surface area (Å²) < 4.78 is 5.62. The predicted molar refractivity (Wildman–Crippen MR) is 73.6 cm³/mol. The lowest BCUT2D eigenvalue weighted by Crippen LogP contribution is -2.36.